The molecule has 102 valence electrons. The maximum Gasteiger partial charge on any atom is 0.279 e. The molecule has 0 spiro atoms. The minimum absolute atomic E-state index is 0.110. The fraction of sp³-hybridized carbons (Fsp3) is 0.0667. The molecule has 0 aliphatic rings. The van der Waals surface area contributed by atoms with Gasteiger partial charge in [-0.1, -0.05) is 36.4 Å². The van der Waals surface area contributed by atoms with Gasteiger partial charge in [0.25, 0.3) is 5.91 Å². The lowest BCUT2D eigenvalue weighted by atomic mass is 10.1. The molecule has 2 aromatic rings. The van der Waals surface area contributed by atoms with Crippen LogP contribution >= 0.6 is 11.3 Å². The average molecular weight is 286 g/mol. The standard InChI is InChI=1S/C15H14N2O2S/c1-11(10-13(18)12-6-3-2-4-7-12)16-17-15(19)14-8-5-9-20-14/h2-10,16H,1H3,(H,17,19). The third-order valence-electron chi connectivity index (χ3n) is 2.52. The van der Waals surface area contributed by atoms with Crippen LogP contribution in [0.5, 0.6) is 0 Å². The van der Waals surface area contributed by atoms with Crippen molar-refractivity contribution in [3.63, 3.8) is 0 Å². The zero-order valence-corrected chi connectivity index (χ0v) is 11.7. The summed E-state index contributed by atoms with van der Waals surface area (Å²) >= 11 is 1.36. The van der Waals surface area contributed by atoms with Gasteiger partial charge in [-0.05, 0) is 18.4 Å². The maximum absolute atomic E-state index is 11.9. The molecule has 1 aromatic carbocycles. The largest absolute Gasteiger partial charge is 0.303 e. The molecule has 20 heavy (non-hydrogen) atoms. The molecule has 0 atom stereocenters. The number of rotatable bonds is 5. The van der Waals surface area contributed by atoms with Gasteiger partial charge >= 0.3 is 0 Å². The number of hydrogen-bond acceptors (Lipinski definition) is 4. The molecule has 4 nitrogen and oxygen atoms in total. The molecule has 0 fully saturated rings. The predicted molar refractivity (Wildman–Crippen MR) is 79.5 cm³/mol. The van der Waals surface area contributed by atoms with E-state index >= 15 is 0 Å². The first kappa shape index (κ1) is 14.0. The highest BCUT2D eigenvalue weighted by molar-refractivity contribution is 7.12. The van der Waals surface area contributed by atoms with E-state index < -0.39 is 0 Å². The molecule has 2 N–H and O–H groups in total. The topological polar surface area (TPSA) is 58.2 Å². The Labute approximate surface area is 121 Å². The van der Waals surface area contributed by atoms with Crippen molar-refractivity contribution in [1.82, 2.24) is 10.9 Å². The molecular weight excluding hydrogens is 272 g/mol. The van der Waals surface area contributed by atoms with Crippen LogP contribution in [0.15, 0.2) is 59.6 Å². The first-order valence-corrected chi connectivity index (χ1v) is 6.92. The SMILES string of the molecule is CC(=CC(=O)c1ccccc1)NNC(=O)c1cccs1. The first-order valence-electron chi connectivity index (χ1n) is 6.04. The van der Waals surface area contributed by atoms with E-state index in [2.05, 4.69) is 10.9 Å². The van der Waals surface area contributed by atoms with Crippen LogP contribution in [0, 0.1) is 0 Å². The summed E-state index contributed by atoms with van der Waals surface area (Å²) in [6.45, 7) is 1.72. The number of carbonyl (C=O) groups is 2. The van der Waals surface area contributed by atoms with Crippen molar-refractivity contribution in [2.75, 3.05) is 0 Å². The quantitative estimate of drug-likeness (QED) is 0.505. The first-order chi connectivity index (χ1) is 9.66. The Morgan fingerprint density at radius 3 is 2.45 bits per heavy atom. The number of hydrazine groups is 1. The van der Waals surface area contributed by atoms with Crippen LogP contribution in [-0.4, -0.2) is 11.7 Å². The second-order valence-corrected chi connectivity index (χ2v) is 5.06. The monoisotopic (exact) mass is 286 g/mol. The Hall–Kier alpha value is -2.40. The Morgan fingerprint density at radius 1 is 1.05 bits per heavy atom. The van der Waals surface area contributed by atoms with Gasteiger partial charge in [0.05, 0.1) is 4.88 Å². The molecule has 0 unspecified atom stereocenters. The molecule has 5 heteroatoms. The zero-order valence-electron chi connectivity index (χ0n) is 10.9. The third-order valence-corrected chi connectivity index (χ3v) is 3.39. The maximum atomic E-state index is 11.9. The van der Waals surface area contributed by atoms with Crippen molar-refractivity contribution in [3.05, 3.63) is 70.1 Å². The van der Waals surface area contributed by atoms with Crippen LogP contribution in [0.4, 0.5) is 0 Å². The van der Waals surface area contributed by atoms with Crippen molar-refractivity contribution in [3.8, 4) is 0 Å². The summed E-state index contributed by atoms with van der Waals surface area (Å²) in [6, 6.07) is 12.5. The number of thiophene rings is 1. The van der Waals surface area contributed by atoms with Gasteiger partial charge in [-0.3, -0.25) is 15.0 Å². The molecule has 0 saturated heterocycles. The smallest absolute Gasteiger partial charge is 0.279 e. The summed E-state index contributed by atoms with van der Waals surface area (Å²) in [5, 5.41) is 1.83. The van der Waals surface area contributed by atoms with Crippen molar-refractivity contribution >= 4 is 23.0 Å². The van der Waals surface area contributed by atoms with E-state index in [1.807, 2.05) is 23.6 Å². The molecule has 0 saturated carbocycles. The van der Waals surface area contributed by atoms with Gasteiger partial charge in [0.1, 0.15) is 0 Å². The highest BCUT2D eigenvalue weighted by atomic mass is 32.1. The van der Waals surface area contributed by atoms with Gasteiger partial charge in [0, 0.05) is 17.3 Å². The van der Waals surface area contributed by atoms with Crippen molar-refractivity contribution in [2.45, 2.75) is 6.92 Å². The number of amides is 1. The Bertz CT molecular complexity index is 619. The van der Waals surface area contributed by atoms with E-state index in [0.717, 1.165) is 0 Å². The van der Waals surface area contributed by atoms with E-state index in [9.17, 15) is 9.59 Å². The van der Waals surface area contributed by atoms with Gasteiger partial charge in [-0.2, -0.15) is 0 Å². The molecule has 0 aliphatic carbocycles. The third kappa shape index (κ3) is 3.80. The lowest BCUT2D eigenvalue weighted by molar-refractivity contribution is 0.0940. The van der Waals surface area contributed by atoms with E-state index in [4.69, 9.17) is 0 Å². The minimum atomic E-state index is -0.222. The van der Waals surface area contributed by atoms with Crippen molar-refractivity contribution < 1.29 is 9.59 Å². The number of ketones is 1. The van der Waals surface area contributed by atoms with Crippen LogP contribution in [0.3, 0.4) is 0 Å². The highest BCUT2D eigenvalue weighted by Crippen LogP contribution is 2.07. The van der Waals surface area contributed by atoms with Gasteiger partial charge in [-0.25, -0.2) is 0 Å². The summed E-state index contributed by atoms with van der Waals surface area (Å²) in [6.07, 6.45) is 1.45. The molecular formula is C15H14N2O2S. The van der Waals surface area contributed by atoms with Gasteiger partial charge < -0.3 is 5.43 Å². The van der Waals surface area contributed by atoms with E-state index in [1.54, 1.807) is 31.2 Å². The van der Waals surface area contributed by atoms with Crippen molar-refractivity contribution in [2.24, 2.45) is 0 Å². The van der Waals surface area contributed by atoms with Gasteiger partial charge in [0.15, 0.2) is 5.78 Å². The van der Waals surface area contributed by atoms with Crippen LogP contribution in [0.2, 0.25) is 0 Å². The summed E-state index contributed by atoms with van der Waals surface area (Å²) < 4.78 is 0. The van der Waals surface area contributed by atoms with Gasteiger partial charge in [-0.15, -0.1) is 11.3 Å². The second kappa shape index (κ2) is 6.68. The minimum Gasteiger partial charge on any atom is -0.303 e. The number of hydrogen-bond donors (Lipinski definition) is 2. The number of nitrogens with one attached hydrogen (secondary N) is 2. The number of allylic oxidation sites excluding steroid dienone is 2. The molecule has 1 aromatic heterocycles. The van der Waals surface area contributed by atoms with E-state index in [-0.39, 0.29) is 11.7 Å². The fourth-order valence-corrected chi connectivity index (χ4v) is 2.16. The Kier molecular flexibility index (Phi) is 4.68. The molecule has 1 heterocycles. The number of carbonyl (C=O) groups excluding carboxylic acids is 2. The second-order valence-electron chi connectivity index (χ2n) is 4.11. The summed E-state index contributed by atoms with van der Waals surface area (Å²) in [5.41, 5.74) is 6.44. The summed E-state index contributed by atoms with van der Waals surface area (Å²) in [7, 11) is 0. The van der Waals surface area contributed by atoms with Crippen LogP contribution < -0.4 is 10.9 Å². The summed E-state index contributed by atoms with van der Waals surface area (Å²) in [4.78, 5) is 24.2. The molecule has 0 bridgehead atoms. The zero-order chi connectivity index (χ0) is 14.4. The Morgan fingerprint density at radius 2 is 1.80 bits per heavy atom. The van der Waals surface area contributed by atoms with Crippen LogP contribution in [0.1, 0.15) is 27.0 Å². The lowest BCUT2D eigenvalue weighted by Gasteiger charge is -2.07. The number of benzene rings is 1. The predicted octanol–water partition coefficient (Wildman–Crippen LogP) is 2.77. The average Bonchev–Trinajstić information content (AvgIpc) is 3.00. The van der Waals surface area contributed by atoms with E-state index in [0.29, 0.717) is 16.1 Å². The normalized spacial score (nSPS) is 10.9. The molecule has 0 aliphatic heterocycles. The molecule has 1 amide bonds. The molecule has 0 radical (unpaired) electrons. The lowest BCUT2D eigenvalue weighted by Crippen LogP contribution is -2.35. The van der Waals surface area contributed by atoms with E-state index in [1.165, 1.54) is 17.4 Å². The van der Waals surface area contributed by atoms with Crippen LogP contribution in [-0.2, 0) is 0 Å². The Balaban J connectivity index is 1.91. The molecule has 2 rings (SSSR count). The fourth-order valence-electron chi connectivity index (χ4n) is 1.54. The van der Waals surface area contributed by atoms with Gasteiger partial charge in [0.2, 0.25) is 0 Å². The van der Waals surface area contributed by atoms with Crippen LogP contribution in [0.25, 0.3) is 0 Å². The highest BCUT2D eigenvalue weighted by Gasteiger charge is 2.06. The summed E-state index contributed by atoms with van der Waals surface area (Å²) in [5.74, 6) is -0.333. The van der Waals surface area contributed by atoms with Crippen molar-refractivity contribution in [1.29, 1.82) is 0 Å².